The molecule has 0 atom stereocenters. The Balaban J connectivity index is 0. The van der Waals surface area contributed by atoms with E-state index < -0.39 is 0 Å². The van der Waals surface area contributed by atoms with E-state index in [1.807, 2.05) is 6.92 Å². The molecule has 1 N–H and O–H groups in total. The molecule has 0 aromatic carbocycles. The van der Waals surface area contributed by atoms with Crippen LogP contribution in [0.1, 0.15) is 60.3 Å². The first-order valence-corrected chi connectivity index (χ1v) is 6.14. The third-order valence-corrected chi connectivity index (χ3v) is 2.69. The highest BCUT2D eigenvalue weighted by Gasteiger charge is 2.13. The molecule has 1 nitrogen and oxygen atoms in total. The van der Waals surface area contributed by atoms with Crippen molar-refractivity contribution in [2.75, 3.05) is 0 Å². The Kier molecular flexibility index (Phi) is 11.9. The smallest absolute Gasteiger partial charge is 0.0258 e. The van der Waals surface area contributed by atoms with E-state index in [0.717, 1.165) is 0 Å². The van der Waals surface area contributed by atoms with Crippen LogP contribution in [0, 0.1) is 5.92 Å². The first-order chi connectivity index (χ1) is 7.11. The zero-order valence-electron chi connectivity index (χ0n) is 10.7. The molecule has 0 aromatic heterocycles. The molecule has 0 unspecified atom stereocenters. The van der Waals surface area contributed by atoms with Crippen molar-refractivity contribution < 1.29 is 0 Å². The van der Waals surface area contributed by atoms with E-state index in [2.05, 4.69) is 32.3 Å². The van der Waals surface area contributed by atoms with Crippen LogP contribution in [0.3, 0.4) is 0 Å². The molecule has 0 saturated heterocycles. The predicted molar refractivity (Wildman–Crippen MR) is 76.6 cm³/mol. The van der Waals surface area contributed by atoms with Crippen LogP contribution in [0.5, 0.6) is 0 Å². The Morgan fingerprint density at radius 1 is 1.25 bits per heavy atom. The summed E-state index contributed by atoms with van der Waals surface area (Å²) in [4.78, 5) is 0. The van der Waals surface area contributed by atoms with Crippen LogP contribution in [-0.2, 0) is 0 Å². The normalized spacial score (nSPS) is 15.5. The zero-order valence-corrected chi connectivity index (χ0v) is 10.7. The van der Waals surface area contributed by atoms with Gasteiger partial charge in [-0.1, -0.05) is 53.2 Å². The van der Waals surface area contributed by atoms with Gasteiger partial charge in [-0.3, -0.25) is 0 Å². The maximum Gasteiger partial charge on any atom is 0.0258 e. The summed E-state index contributed by atoms with van der Waals surface area (Å²) in [5.41, 5.74) is 1.21. The Morgan fingerprint density at radius 2 is 1.69 bits per heavy atom. The molecule has 0 aromatic rings. The number of nitrogens with one attached hydrogen (secondary N) is 1. The van der Waals surface area contributed by atoms with Gasteiger partial charge in [0.15, 0.2) is 0 Å². The molecule has 16 heavy (non-hydrogen) atoms. The molecule has 1 fully saturated rings. The Labute approximate surface area is 103 Å². The van der Waals surface area contributed by atoms with Crippen LogP contribution >= 0.6 is 0 Å². The highest BCUT2D eigenvalue weighted by atomic mass is 14.9. The number of hydrogen-bond acceptors (Lipinski definition) is 1. The van der Waals surface area contributed by atoms with E-state index in [4.69, 9.17) is 0 Å². The minimum Gasteiger partial charge on any atom is -0.386 e. The molecule has 0 spiro atoms. The zero-order chi connectivity index (χ0) is 11.7. The molecule has 0 amide bonds. The van der Waals surface area contributed by atoms with Crippen molar-refractivity contribution in [3.63, 3.8) is 0 Å². The van der Waals surface area contributed by atoms with Crippen LogP contribution in [0.15, 0.2) is 24.9 Å². The SMILES string of the molecule is C.C=C(NC1CCCCC1)C(C)C.C=CC. The summed E-state index contributed by atoms with van der Waals surface area (Å²) in [5.74, 6) is 0.576. The number of hydrogen-bond donors (Lipinski definition) is 1. The van der Waals surface area contributed by atoms with Crippen LogP contribution in [0.4, 0.5) is 0 Å². The van der Waals surface area contributed by atoms with E-state index >= 15 is 0 Å². The minimum atomic E-state index is 0. The molecule has 1 aliphatic carbocycles. The minimum absolute atomic E-state index is 0. The molecular formula is C15H31N. The summed E-state index contributed by atoms with van der Waals surface area (Å²) in [6.45, 7) is 13.7. The molecule has 96 valence electrons. The van der Waals surface area contributed by atoms with Crippen LogP contribution < -0.4 is 5.32 Å². The fourth-order valence-corrected chi connectivity index (χ4v) is 1.68. The summed E-state index contributed by atoms with van der Waals surface area (Å²) >= 11 is 0. The molecule has 0 bridgehead atoms. The fourth-order valence-electron chi connectivity index (χ4n) is 1.68. The Bertz CT molecular complexity index is 176. The third kappa shape index (κ3) is 8.58. The van der Waals surface area contributed by atoms with Gasteiger partial charge in [-0.25, -0.2) is 0 Å². The lowest BCUT2D eigenvalue weighted by atomic mass is 9.95. The van der Waals surface area contributed by atoms with Gasteiger partial charge in [-0.2, -0.15) is 0 Å². The summed E-state index contributed by atoms with van der Waals surface area (Å²) < 4.78 is 0. The van der Waals surface area contributed by atoms with Gasteiger partial charge in [0.25, 0.3) is 0 Å². The van der Waals surface area contributed by atoms with Gasteiger partial charge in [-0.05, 0) is 25.7 Å². The second-order valence-corrected chi connectivity index (χ2v) is 4.57. The molecule has 1 saturated carbocycles. The summed E-state index contributed by atoms with van der Waals surface area (Å²) in [7, 11) is 0. The van der Waals surface area contributed by atoms with Crippen LogP contribution in [0.25, 0.3) is 0 Å². The maximum atomic E-state index is 4.04. The number of allylic oxidation sites excluding steroid dienone is 2. The molecule has 1 rings (SSSR count). The Hall–Kier alpha value is -0.720. The highest BCUT2D eigenvalue weighted by Crippen LogP contribution is 2.19. The highest BCUT2D eigenvalue weighted by molar-refractivity contribution is 4.97. The quantitative estimate of drug-likeness (QED) is 0.673. The lowest BCUT2D eigenvalue weighted by Gasteiger charge is -2.26. The van der Waals surface area contributed by atoms with Crippen molar-refractivity contribution in [2.45, 2.75) is 66.3 Å². The third-order valence-electron chi connectivity index (χ3n) is 2.69. The molecule has 0 aliphatic heterocycles. The summed E-state index contributed by atoms with van der Waals surface area (Å²) in [5, 5.41) is 3.52. The van der Waals surface area contributed by atoms with Gasteiger partial charge in [0.1, 0.15) is 0 Å². The average Bonchev–Trinajstić information content (AvgIpc) is 2.20. The molecule has 1 heteroatoms. The van der Waals surface area contributed by atoms with Crippen molar-refractivity contribution in [1.29, 1.82) is 0 Å². The topological polar surface area (TPSA) is 12.0 Å². The van der Waals surface area contributed by atoms with E-state index in [-0.39, 0.29) is 7.43 Å². The van der Waals surface area contributed by atoms with Crippen LogP contribution in [-0.4, -0.2) is 6.04 Å². The van der Waals surface area contributed by atoms with Gasteiger partial charge in [0.2, 0.25) is 0 Å². The van der Waals surface area contributed by atoms with Crippen molar-refractivity contribution in [2.24, 2.45) is 5.92 Å². The standard InChI is InChI=1S/C11H21N.C3H6.CH4/c1-9(2)10(3)12-11-7-5-4-6-8-11;1-3-2;/h9,11-12H,3-8H2,1-2H3;3H,1H2,2H3;1H4. The van der Waals surface area contributed by atoms with E-state index in [0.29, 0.717) is 12.0 Å². The maximum absolute atomic E-state index is 4.04. The van der Waals surface area contributed by atoms with Gasteiger partial charge >= 0.3 is 0 Å². The van der Waals surface area contributed by atoms with Gasteiger partial charge in [0, 0.05) is 11.7 Å². The number of rotatable bonds is 3. The molecule has 1 aliphatic rings. The second-order valence-electron chi connectivity index (χ2n) is 4.57. The largest absolute Gasteiger partial charge is 0.386 e. The van der Waals surface area contributed by atoms with E-state index in [1.165, 1.54) is 37.8 Å². The van der Waals surface area contributed by atoms with Crippen molar-refractivity contribution in [1.82, 2.24) is 5.32 Å². The molecule has 0 radical (unpaired) electrons. The fraction of sp³-hybridized carbons (Fsp3) is 0.733. The first-order valence-electron chi connectivity index (χ1n) is 6.14. The van der Waals surface area contributed by atoms with E-state index in [9.17, 15) is 0 Å². The lowest BCUT2D eigenvalue weighted by molar-refractivity contribution is 0.386. The average molecular weight is 225 g/mol. The first kappa shape index (κ1) is 17.7. The monoisotopic (exact) mass is 225 g/mol. The van der Waals surface area contributed by atoms with Crippen molar-refractivity contribution in [3.8, 4) is 0 Å². The van der Waals surface area contributed by atoms with Crippen molar-refractivity contribution >= 4 is 0 Å². The molecule has 0 heterocycles. The summed E-state index contributed by atoms with van der Waals surface area (Å²) in [6, 6.07) is 0.716. The molecular weight excluding hydrogens is 194 g/mol. The van der Waals surface area contributed by atoms with Crippen molar-refractivity contribution in [3.05, 3.63) is 24.9 Å². The van der Waals surface area contributed by atoms with Gasteiger partial charge in [-0.15, -0.1) is 6.58 Å². The Morgan fingerprint density at radius 3 is 2.06 bits per heavy atom. The van der Waals surface area contributed by atoms with Gasteiger partial charge < -0.3 is 5.32 Å². The van der Waals surface area contributed by atoms with Crippen LogP contribution in [0.2, 0.25) is 0 Å². The summed E-state index contributed by atoms with van der Waals surface area (Å²) in [6.07, 6.45) is 8.63. The van der Waals surface area contributed by atoms with E-state index in [1.54, 1.807) is 6.08 Å². The second kappa shape index (κ2) is 10.8. The lowest BCUT2D eigenvalue weighted by Crippen LogP contribution is -2.31. The van der Waals surface area contributed by atoms with Gasteiger partial charge in [0.05, 0.1) is 0 Å². The predicted octanol–water partition coefficient (Wildman–Crippen LogP) is 4.91.